The number of esters is 1. The van der Waals surface area contributed by atoms with Gasteiger partial charge in [-0.15, -0.1) is 0 Å². The lowest BCUT2D eigenvalue weighted by Crippen LogP contribution is -2.32. The third-order valence-corrected chi connectivity index (χ3v) is 4.56. The maximum absolute atomic E-state index is 12.4. The van der Waals surface area contributed by atoms with Gasteiger partial charge in [-0.1, -0.05) is 66.7 Å². The topological polar surface area (TPSA) is 102 Å². The number of amides is 1. The fourth-order valence-corrected chi connectivity index (χ4v) is 3.12. The van der Waals surface area contributed by atoms with Crippen LogP contribution in [0.5, 0.6) is 0 Å². The molecule has 164 valence electrons. The Balaban J connectivity index is 1.55. The van der Waals surface area contributed by atoms with E-state index in [1.165, 1.54) is 24.3 Å². The molecule has 0 aliphatic heterocycles. The molecule has 1 amide bonds. The molecule has 0 heterocycles. The molecule has 0 unspecified atom stereocenters. The monoisotopic (exact) mass is 433 g/mol. The van der Waals surface area contributed by atoms with Crippen LogP contribution in [0.25, 0.3) is 0 Å². The summed E-state index contributed by atoms with van der Waals surface area (Å²) in [5.41, 5.74) is 2.23. The molecule has 0 fully saturated rings. The van der Waals surface area contributed by atoms with Crippen molar-refractivity contribution in [3.05, 3.63) is 106 Å². The SMILES string of the molecule is O=C(COC(=O)CN(Cc1ccccc1)Cc1ccccc1)Nc1cccc([N+](=O)[O-])c1. The lowest BCUT2D eigenvalue weighted by molar-refractivity contribution is -0.384. The minimum atomic E-state index is -0.573. The predicted octanol–water partition coefficient (Wildman–Crippen LogP) is 3.78. The Hall–Kier alpha value is -4.04. The number of nitrogens with one attached hydrogen (secondary N) is 1. The second-order valence-electron chi connectivity index (χ2n) is 7.13. The average Bonchev–Trinajstić information content (AvgIpc) is 2.79. The zero-order valence-corrected chi connectivity index (χ0v) is 17.3. The zero-order chi connectivity index (χ0) is 22.8. The van der Waals surface area contributed by atoms with E-state index in [0.717, 1.165) is 11.1 Å². The highest BCUT2D eigenvalue weighted by molar-refractivity contribution is 5.93. The molecule has 0 spiro atoms. The Labute approximate surface area is 185 Å². The first kappa shape index (κ1) is 22.6. The van der Waals surface area contributed by atoms with E-state index in [9.17, 15) is 19.7 Å². The summed E-state index contributed by atoms with van der Waals surface area (Å²) >= 11 is 0. The van der Waals surface area contributed by atoms with Gasteiger partial charge in [-0.2, -0.15) is 0 Å². The highest BCUT2D eigenvalue weighted by Gasteiger charge is 2.15. The third-order valence-electron chi connectivity index (χ3n) is 4.56. The van der Waals surface area contributed by atoms with Crippen molar-refractivity contribution in [3.63, 3.8) is 0 Å². The highest BCUT2D eigenvalue weighted by atomic mass is 16.6. The maximum atomic E-state index is 12.4. The summed E-state index contributed by atoms with van der Waals surface area (Å²) < 4.78 is 5.13. The quantitative estimate of drug-likeness (QED) is 0.297. The van der Waals surface area contributed by atoms with E-state index in [0.29, 0.717) is 13.1 Å². The smallest absolute Gasteiger partial charge is 0.320 e. The maximum Gasteiger partial charge on any atom is 0.320 e. The van der Waals surface area contributed by atoms with Gasteiger partial charge in [0.2, 0.25) is 0 Å². The number of hydrogen-bond acceptors (Lipinski definition) is 6. The number of hydrogen-bond donors (Lipinski definition) is 1. The van der Waals surface area contributed by atoms with Gasteiger partial charge in [0.1, 0.15) is 0 Å². The van der Waals surface area contributed by atoms with Crippen molar-refractivity contribution < 1.29 is 19.2 Å². The van der Waals surface area contributed by atoms with E-state index >= 15 is 0 Å². The standard InChI is InChI=1S/C24H23N3O5/c28-23(25-21-12-7-13-22(14-21)27(30)31)18-32-24(29)17-26(15-19-8-3-1-4-9-19)16-20-10-5-2-6-11-20/h1-14H,15-18H2,(H,25,28). The van der Waals surface area contributed by atoms with Gasteiger partial charge in [-0.25, -0.2) is 0 Å². The van der Waals surface area contributed by atoms with Gasteiger partial charge in [0.25, 0.3) is 11.6 Å². The number of nitro benzene ring substituents is 1. The Morgan fingerprint density at radius 1 is 0.875 bits per heavy atom. The molecule has 0 aliphatic rings. The van der Waals surface area contributed by atoms with Crippen LogP contribution in [-0.2, 0) is 27.4 Å². The summed E-state index contributed by atoms with van der Waals surface area (Å²) in [4.78, 5) is 36.7. The Bertz CT molecular complexity index is 1020. The molecule has 8 heteroatoms. The molecule has 0 atom stereocenters. The number of rotatable bonds is 10. The van der Waals surface area contributed by atoms with E-state index in [1.54, 1.807) is 0 Å². The van der Waals surface area contributed by atoms with Crippen LogP contribution < -0.4 is 5.32 Å². The van der Waals surface area contributed by atoms with Gasteiger partial charge in [0.15, 0.2) is 6.61 Å². The lowest BCUT2D eigenvalue weighted by atomic mass is 10.1. The Kier molecular flexibility index (Phi) is 8.05. The van der Waals surface area contributed by atoms with Crippen molar-refractivity contribution >= 4 is 23.3 Å². The largest absolute Gasteiger partial charge is 0.455 e. The van der Waals surface area contributed by atoms with Gasteiger partial charge in [-0.05, 0) is 17.2 Å². The van der Waals surface area contributed by atoms with E-state index in [-0.39, 0.29) is 17.9 Å². The van der Waals surface area contributed by atoms with Crippen LogP contribution >= 0.6 is 0 Å². The van der Waals surface area contributed by atoms with E-state index in [1.807, 2.05) is 65.6 Å². The number of benzene rings is 3. The normalized spacial score (nSPS) is 10.5. The van der Waals surface area contributed by atoms with Crippen LogP contribution in [0.3, 0.4) is 0 Å². The second-order valence-corrected chi connectivity index (χ2v) is 7.13. The number of carbonyl (C=O) groups is 2. The fourth-order valence-electron chi connectivity index (χ4n) is 3.12. The minimum Gasteiger partial charge on any atom is -0.455 e. The van der Waals surface area contributed by atoms with Crippen molar-refractivity contribution in [1.82, 2.24) is 4.90 Å². The minimum absolute atomic E-state index is 0.00781. The van der Waals surface area contributed by atoms with Crippen molar-refractivity contribution in [2.45, 2.75) is 13.1 Å². The van der Waals surface area contributed by atoms with Gasteiger partial charge < -0.3 is 10.1 Å². The molecule has 3 rings (SSSR count). The first-order valence-corrected chi connectivity index (χ1v) is 10.00. The molecule has 0 saturated heterocycles. The summed E-state index contributed by atoms with van der Waals surface area (Å²) in [6.45, 7) is 0.620. The van der Waals surface area contributed by atoms with E-state index in [2.05, 4.69) is 5.32 Å². The van der Waals surface area contributed by atoms with Crippen LogP contribution in [0.2, 0.25) is 0 Å². The van der Waals surface area contributed by atoms with Gasteiger partial charge in [0.05, 0.1) is 11.5 Å². The molecule has 0 aliphatic carbocycles. The molecular weight excluding hydrogens is 410 g/mol. The van der Waals surface area contributed by atoms with E-state index < -0.39 is 23.4 Å². The van der Waals surface area contributed by atoms with Gasteiger partial charge in [0, 0.05) is 30.9 Å². The van der Waals surface area contributed by atoms with Gasteiger partial charge >= 0.3 is 5.97 Å². The number of non-ortho nitro benzene ring substituents is 1. The first-order valence-electron chi connectivity index (χ1n) is 10.00. The summed E-state index contributed by atoms with van der Waals surface area (Å²) in [5.74, 6) is -1.11. The summed E-state index contributed by atoms with van der Waals surface area (Å²) in [5, 5.41) is 13.3. The van der Waals surface area contributed by atoms with Crippen LogP contribution in [-0.4, -0.2) is 34.9 Å². The van der Waals surface area contributed by atoms with Crippen molar-refractivity contribution in [2.75, 3.05) is 18.5 Å². The van der Waals surface area contributed by atoms with Crippen molar-refractivity contribution in [3.8, 4) is 0 Å². The highest BCUT2D eigenvalue weighted by Crippen LogP contribution is 2.17. The number of nitro groups is 1. The summed E-state index contributed by atoms with van der Waals surface area (Å²) in [6.07, 6.45) is 0. The van der Waals surface area contributed by atoms with Crippen LogP contribution in [0.1, 0.15) is 11.1 Å². The van der Waals surface area contributed by atoms with Crippen LogP contribution in [0.15, 0.2) is 84.9 Å². The van der Waals surface area contributed by atoms with Crippen LogP contribution in [0, 0.1) is 10.1 Å². The molecule has 0 radical (unpaired) electrons. The molecule has 3 aromatic rings. The number of ether oxygens (including phenoxy) is 1. The van der Waals surface area contributed by atoms with Crippen molar-refractivity contribution in [2.24, 2.45) is 0 Å². The number of nitrogens with zero attached hydrogens (tertiary/aromatic N) is 2. The van der Waals surface area contributed by atoms with Gasteiger partial charge in [-0.3, -0.25) is 24.6 Å². The summed E-state index contributed by atoms with van der Waals surface area (Å²) in [7, 11) is 0. The molecule has 0 bridgehead atoms. The molecule has 0 saturated carbocycles. The first-order chi connectivity index (χ1) is 15.5. The number of anilines is 1. The molecule has 0 aromatic heterocycles. The number of carbonyl (C=O) groups excluding carboxylic acids is 2. The van der Waals surface area contributed by atoms with E-state index in [4.69, 9.17) is 4.74 Å². The second kappa shape index (κ2) is 11.4. The molecule has 8 nitrogen and oxygen atoms in total. The molecule has 32 heavy (non-hydrogen) atoms. The van der Waals surface area contributed by atoms with Crippen LogP contribution in [0.4, 0.5) is 11.4 Å². The van der Waals surface area contributed by atoms with Crippen molar-refractivity contribution in [1.29, 1.82) is 0 Å². The molecule has 3 aromatic carbocycles. The molecule has 1 N–H and O–H groups in total. The lowest BCUT2D eigenvalue weighted by Gasteiger charge is -2.21. The zero-order valence-electron chi connectivity index (χ0n) is 17.3. The predicted molar refractivity (Wildman–Crippen MR) is 120 cm³/mol. The third kappa shape index (κ3) is 7.33. The summed E-state index contributed by atoms with van der Waals surface area (Å²) in [6, 6.07) is 25.1. The molecular formula is C24H23N3O5. The Morgan fingerprint density at radius 2 is 1.47 bits per heavy atom. The fraction of sp³-hybridized carbons (Fsp3) is 0.167. The Morgan fingerprint density at radius 3 is 2.03 bits per heavy atom. The average molecular weight is 433 g/mol.